The van der Waals surface area contributed by atoms with Crippen LogP contribution in [-0.2, 0) is 10.0 Å². The Hall–Kier alpha value is -3.19. The Balaban J connectivity index is 1.86. The van der Waals surface area contributed by atoms with E-state index in [1.807, 2.05) is 38.1 Å². The molecule has 0 heterocycles. The topological polar surface area (TPSA) is 75.3 Å². The van der Waals surface area contributed by atoms with Crippen LogP contribution in [0.4, 0.5) is 10.1 Å². The number of nitrogens with one attached hydrogen (secondary N) is 2. The van der Waals surface area contributed by atoms with Crippen LogP contribution in [0, 0.1) is 19.7 Å². The summed E-state index contributed by atoms with van der Waals surface area (Å²) >= 11 is 0. The van der Waals surface area contributed by atoms with E-state index in [2.05, 4.69) is 10.0 Å². The van der Waals surface area contributed by atoms with E-state index < -0.39 is 15.8 Å². The third-order valence-electron chi connectivity index (χ3n) is 4.88. The van der Waals surface area contributed by atoms with Gasteiger partial charge in [-0.05, 0) is 61.7 Å². The Morgan fingerprint density at radius 3 is 2.30 bits per heavy atom. The number of sulfonamides is 1. The van der Waals surface area contributed by atoms with E-state index in [1.165, 1.54) is 36.4 Å². The Bertz CT molecular complexity index is 1190. The van der Waals surface area contributed by atoms with Gasteiger partial charge in [-0.15, -0.1) is 0 Å². The van der Waals surface area contributed by atoms with Crippen LogP contribution < -0.4 is 10.0 Å². The fourth-order valence-corrected chi connectivity index (χ4v) is 4.28. The quantitative estimate of drug-likeness (QED) is 0.598. The first-order valence-corrected chi connectivity index (χ1v) is 10.9. The summed E-state index contributed by atoms with van der Waals surface area (Å²) in [6.07, 6.45) is 0. The fourth-order valence-electron chi connectivity index (χ4n) is 3.19. The van der Waals surface area contributed by atoms with Crippen LogP contribution in [0.25, 0.3) is 0 Å². The molecule has 0 aliphatic carbocycles. The van der Waals surface area contributed by atoms with Crippen molar-refractivity contribution in [1.82, 2.24) is 5.32 Å². The zero-order valence-corrected chi connectivity index (χ0v) is 17.8. The molecule has 3 aromatic carbocycles. The lowest BCUT2D eigenvalue weighted by Gasteiger charge is -2.18. The Morgan fingerprint density at radius 2 is 1.60 bits per heavy atom. The second-order valence-electron chi connectivity index (χ2n) is 7.11. The lowest BCUT2D eigenvalue weighted by Crippen LogP contribution is -2.28. The minimum Gasteiger partial charge on any atom is -0.345 e. The highest BCUT2D eigenvalue weighted by atomic mass is 32.2. The van der Waals surface area contributed by atoms with Gasteiger partial charge in [0.15, 0.2) is 0 Å². The highest BCUT2D eigenvalue weighted by molar-refractivity contribution is 7.92. The van der Waals surface area contributed by atoms with Crippen molar-refractivity contribution in [1.29, 1.82) is 0 Å². The first kappa shape index (κ1) is 21.5. The maximum absolute atomic E-state index is 13.9. The maximum atomic E-state index is 13.9. The molecule has 30 heavy (non-hydrogen) atoms. The average molecular weight is 427 g/mol. The largest absolute Gasteiger partial charge is 0.345 e. The van der Waals surface area contributed by atoms with Gasteiger partial charge in [0, 0.05) is 5.56 Å². The van der Waals surface area contributed by atoms with E-state index in [9.17, 15) is 17.6 Å². The molecule has 7 heteroatoms. The van der Waals surface area contributed by atoms with Gasteiger partial charge in [0.25, 0.3) is 15.9 Å². The van der Waals surface area contributed by atoms with Crippen molar-refractivity contribution in [3.8, 4) is 0 Å². The van der Waals surface area contributed by atoms with Crippen LogP contribution >= 0.6 is 0 Å². The number of aryl methyl sites for hydroxylation is 2. The van der Waals surface area contributed by atoms with Gasteiger partial charge in [-0.1, -0.05) is 42.5 Å². The molecule has 0 saturated carbocycles. The van der Waals surface area contributed by atoms with Crippen molar-refractivity contribution in [2.75, 3.05) is 4.72 Å². The Kier molecular flexibility index (Phi) is 6.22. The summed E-state index contributed by atoms with van der Waals surface area (Å²) in [6, 6.07) is 17.2. The van der Waals surface area contributed by atoms with Gasteiger partial charge in [-0.3, -0.25) is 9.52 Å². The molecule has 1 atom stereocenters. The third-order valence-corrected chi connectivity index (χ3v) is 6.25. The number of para-hydroxylation sites is 1. The SMILES string of the molecule is Cc1ccc(S(=O)(=O)Nc2ccccc2F)cc1C(=O)NC(C)c1ccccc1C. The molecule has 0 fully saturated rings. The zero-order chi connectivity index (χ0) is 21.9. The molecule has 0 bridgehead atoms. The predicted octanol–water partition coefficient (Wildman–Crippen LogP) is 4.73. The van der Waals surface area contributed by atoms with Crippen molar-refractivity contribution in [3.63, 3.8) is 0 Å². The summed E-state index contributed by atoms with van der Waals surface area (Å²) in [5.74, 6) is -1.07. The number of benzene rings is 3. The average Bonchev–Trinajstić information content (AvgIpc) is 2.70. The molecule has 0 aliphatic rings. The van der Waals surface area contributed by atoms with E-state index in [-0.39, 0.29) is 28.1 Å². The minimum absolute atomic E-state index is 0.120. The van der Waals surface area contributed by atoms with Gasteiger partial charge in [-0.2, -0.15) is 0 Å². The van der Waals surface area contributed by atoms with E-state index in [4.69, 9.17) is 0 Å². The van der Waals surface area contributed by atoms with Crippen molar-refractivity contribution < 1.29 is 17.6 Å². The monoisotopic (exact) mass is 426 g/mol. The van der Waals surface area contributed by atoms with Crippen molar-refractivity contribution in [3.05, 3.63) is 94.8 Å². The molecule has 1 amide bonds. The summed E-state index contributed by atoms with van der Waals surface area (Å²) < 4.78 is 41.5. The van der Waals surface area contributed by atoms with Crippen LogP contribution in [0.2, 0.25) is 0 Å². The van der Waals surface area contributed by atoms with Gasteiger partial charge in [0.1, 0.15) is 5.82 Å². The number of halogens is 1. The first-order valence-electron chi connectivity index (χ1n) is 9.43. The number of carbonyl (C=O) groups excluding carboxylic acids is 1. The molecular formula is C23H23FN2O3S. The number of carbonyl (C=O) groups is 1. The van der Waals surface area contributed by atoms with Gasteiger partial charge in [0.05, 0.1) is 16.6 Å². The summed E-state index contributed by atoms with van der Waals surface area (Å²) in [6.45, 7) is 5.56. The molecule has 2 N–H and O–H groups in total. The minimum atomic E-state index is -4.07. The standard InChI is InChI=1S/C23H23FN2O3S/c1-15-8-4-5-9-19(15)17(3)25-23(27)20-14-18(13-12-16(20)2)30(28,29)26-22-11-7-6-10-21(22)24/h4-14,17,26H,1-3H3,(H,25,27). The molecular weight excluding hydrogens is 403 g/mol. The smallest absolute Gasteiger partial charge is 0.262 e. The Labute approximate surface area is 176 Å². The second kappa shape index (κ2) is 8.67. The normalized spacial score (nSPS) is 12.3. The summed E-state index contributed by atoms with van der Waals surface area (Å²) in [5, 5.41) is 2.92. The first-order chi connectivity index (χ1) is 14.2. The second-order valence-corrected chi connectivity index (χ2v) is 8.80. The number of hydrogen-bond acceptors (Lipinski definition) is 3. The number of rotatable bonds is 6. The molecule has 3 rings (SSSR count). The third kappa shape index (κ3) is 4.68. The summed E-state index contributed by atoms with van der Waals surface area (Å²) in [5.41, 5.74) is 2.75. The van der Waals surface area contributed by atoms with E-state index >= 15 is 0 Å². The highest BCUT2D eigenvalue weighted by Gasteiger charge is 2.20. The van der Waals surface area contributed by atoms with Gasteiger partial charge in [-0.25, -0.2) is 12.8 Å². The number of hydrogen-bond donors (Lipinski definition) is 2. The van der Waals surface area contributed by atoms with Crippen LogP contribution in [0.5, 0.6) is 0 Å². The molecule has 0 radical (unpaired) electrons. The molecule has 0 aromatic heterocycles. The van der Waals surface area contributed by atoms with Crippen LogP contribution in [0.3, 0.4) is 0 Å². The molecule has 0 aliphatic heterocycles. The fraction of sp³-hybridized carbons (Fsp3) is 0.174. The lowest BCUT2D eigenvalue weighted by atomic mass is 10.0. The predicted molar refractivity (Wildman–Crippen MR) is 115 cm³/mol. The van der Waals surface area contributed by atoms with Crippen molar-refractivity contribution in [2.24, 2.45) is 0 Å². The highest BCUT2D eigenvalue weighted by Crippen LogP contribution is 2.22. The van der Waals surface area contributed by atoms with E-state index in [0.717, 1.165) is 11.1 Å². The van der Waals surface area contributed by atoms with Gasteiger partial charge >= 0.3 is 0 Å². The molecule has 5 nitrogen and oxygen atoms in total. The molecule has 0 saturated heterocycles. The molecule has 0 spiro atoms. The number of anilines is 1. The maximum Gasteiger partial charge on any atom is 0.262 e. The van der Waals surface area contributed by atoms with Gasteiger partial charge in [0.2, 0.25) is 0 Å². The molecule has 1 unspecified atom stereocenters. The van der Waals surface area contributed by atoms with Crippen LogP contribution in [-0.4, -0.2) is 14.3 Å². The van der Waals surface area contributed by atoms with E-state index in [1.54, 1.807) is 13.0 Å². The summed E-state index contributed by atoms with van der Waals surface area (Å²) in [4.78, 5) is 12.7. The van der Waals surface area contributed by atoms with Crippen LogP contribution in [0.1, 0.15) is 40.0 Å². The zero-order valence-electron chi connectivity index (χ0n) is 16.9. The van der Waals surface area contributed by atoms with Crippen molar-refractivity contribution in [2.45, 2.75) is 31.7 Å². The molecule has 156 valence electrons. The molecule has 3 aromatic rings. The number of amides is 1. The lowest BCUT2D eigenvalue weighted by molar-refractivity contribution is 0.0939. The van der Waals surface area contributed by atoms with Crippen molar-refractivity contribution >= 4 is 21.6 Å². The summed E-state index contributed by atoms with van der Waals surface area (Å²) in [7, 11) is -4.07. The van der Waals surface area contributed by atoms with E-state index in [0.29, 0.717) is 5.56 Å². The van der Waals surface area contributed by atoms with Crippen LogP contribution in [0.15, 0.2) is 71.6 Å². The van der Waals surface area contributed by atoms with Gasteiger partial charge < -0.3 is 5.32 Å². The Morgan fingerprint density at radius 1 is 0.933 bits per heavy atom.